The molecule has 12 nitrogen and oxygen atoms in total. The topological polar surface area (TPSA) is 162 Å². The zero-order valence-electron chi connectivity index (χ0n) is 13.8. The molecule has 0 saturated carbocycles. The quantitative estimate of drug-likeness (QED) is 0.385. The van der Waals surface area contributed by atoms with Gasteiger partial charge < -0.3 is 24.2 Å². The molecule has 5 N–H and O–H groups in total. The van der Waals surface area contributed by atoms with Crippen LogP contribution in [0.4, 0.5) is 0 Å². The number of nitrogens with two attached hydrogens (primary N) is 1. The number of nitrogens with one attached hydrogen (secondary N) is 1. The summed E-state index contributed by atoms with van der Waals surface area (Å²) in [7, 11) is -1.75. The lowest BCUT2D eigenvalue weighted by Crippen LogP contribution is -2.37. The van der Waals surface area contributed by atoms with Gasteiger partial charge in [0.15, 0.2) is 6.23 Å². The van der Waals surface area contributed by atoms with Gasteiger partial charge in [-0.3, -0.25) is 19.8 Å². The minimum atomic E-state index is -1.75. The Morgan fingerprint density at radius 1 is 1.31 bits per heavy atom. The maximum absolute atomic E-state index is 11.8. The molecule has 13 heteroatoms. The average molecular weight is 392 g/mol. The predicted molar refractivity (Wildman–Crippen MR) is 87.8 cm³/mol. The van der Waals surface area contributed by atoms with Gasteiger partial charge in [0, 0.05) is 25.4 Å². The Kier molecular flexibility index (Phi) is 6.51. The van der Waals surface area contributed by atoms with Crippen molar-refractivity contribution in [1.29, 1.82) is 0 Å². The highest BCUT2D eigenvalue weighted by molar-refractivity contribution is 7.44. The van der Waals surface area contributed by atoms with Crippen molar-refractivity contribution in [3.63, 3.8) is 0 Å². The maximum atomic E-state index is 11.8. The predicted octanol–water partition coefficient (Wildman–Crippen LogP) is -2.38. The first-order valence-electron chi connectivity index (χ1n) is 7.97. The summed E-state index contributed by atoms with van der Waals surface area (Å²) in [5, 5.41) is 21.9. The molecule has 0 amide bonds. The molecule has 2 fully saturated rings. The standard InChI is InChI=1S/C13H21N4O8P/c14-26(25-16-3-5-22-6-4-16)23-7-8-10(19)11(20)12(24-8)17-2-1-9(18)15-13(17)21/h1-2,8,10-12,19-20H,3-7,14H2,(H,15,18,21)/t8-,10-,11-,12-,26?/m1/s1. The van der Waals surface area contributed by atoms with Crippen LogP contribution in [-0.2, 0) is 18.6 Å². The van der Waals surface area contributed by atoms with Crippen LogP contribution < -0.4 is 16.8 Å². The third-order valence-corrected chi connectivity index (χ3v) is 4.79. The summed E-state index contributed by atoms with van der Waals surface area (Å²) < 4.78 is 22.5. The summed E-state index contributed by atoms with van der Waals surface area (Å²) in [6, 6.07) is 1.11. The van der Waals surface area contributed by atoms with Crippen LogP contribution in [0.15, 0.2) is 21.9 Å². The van der Waals surface area contributed by atoms with E-state index < -0.39 is 44.3 Å². The van der Waals surface area contributed by atoms with E-state index in [1.807, 2.05) is 0 Å². The number of aromatic nitrogens is 2. The molecule has 0 radical (unpaired) electrons. The van der Waals surface area contributed by atoms with Crippen molar-refractivity contribution in [2.45, 2.75) is 24.5 Å². The zero-order chi connectivity index (χ0) is 18.7. The van der Waals surface area contributed by atoms with Gasteiger partial charge in [-0.2, -0.15) is 5.06 Å². The highest BCUT2D eigenvalue weighted by Gasteiger charge is 2.44. The van der Waals surface area contributed by atoms with Crippen molar-refractivity contribution >= 4 is 8.53 Å². The highest BCUT2D eigenvalue weighted by atomic mass is 31.2. The van der Waals surface area contributed by atoms with Crippen LogP contribution in [0.1, 0.15) is 6.23 Å². The largest absolute Gasteiger partial charge is 0.387 e. The smallest absolute Gasteiger partial charge is 0.330 e. The van der Waals surface area contributed by atoms with Gasteiger partial charge in [0.1, 0.15) is 18.3 Å². The number of aliphatic hydroxyl groups excluding tert-OH is 2. The molecule has 1 aromatic rings. The number of rotatable bonds is 6. The van der Waals surface area contributed by atoms with Crippen molar-refractivity contribution < 1.29 is 28.8 Å². The van der Waals surface area contributed by atoms with E-state index >= 15 is 0 Å². The first-order valence-corrected chi connectivity index (χ1v) is 9.22. The fourth-order valence-electron chi connectivity index (χ4n) is 2.64. The van der Waals surface area contributed by atoms with Crippen LogP contribution in [0.5, 0.6) is 0 Å². The zero-order valence-corrected chi connectivity index (χ0v) is 14.7. The summed E-state index contributed by atoms with van der Waals surface area (Å²) in [6.45, 7) is 2.07. The highest BCUT2D eigenvalue weighted by Crippen LogP contribution is 2.34. The van der Waals surface area contributed by atoms with E-state index in [2.05, 4.69) is 4.98 Å². The van der Waals surface area contributed by atoms with Crippen molar-refractivity contribution in [1.82, 2.24) is 14.6 Å². The number of hydrogen-bond acceptors (Lipinski definition) is 10. The van der Waals surface area contributed by atoms with Crippen LogP contribution in [0.25, 0.3) is 0 Å². The molecular weight excluding hydrogens is 371 g/mol. The van der Waals surface area contributed by atoms with Gasteiger partial charge in [-0.1, -0.05) is 0 Å². The van der Waals surface area contributed by atoms with E-state index in [-0.39, 0.29) is 6.61 Å². The Morgan fingerprint density at radius 2 is 2.04 bits per heavy atom. The second kappa shape index (κ2) is 8.65. The van der Waals surface area contributed by atoms with Crippen LogP contribution in [-0.4, -0.2) is 76.0 Å². The molecule has 5 atom stereocenters. The first-order chi connectivity index (χ1) is 12.5. The van der Waals surface area contributed by atoms with Gasteiger partial charge in [-0.15, -0.1) is 0 Å². The van der Waals surface area contributed by atoms with E-state index in [0.29, 0.717) is 26.3 Å². The summed E-state index contributed by atoms with van der Waals surface area (Å²) >= 11 is 0. The molecule has 1 aromatic heterocycles. The van der Waals surface area contributed by atoms with Gasteiger partial charge in [0.25, 0.3) is 14.1 Å². The van der Waals surface area contributed by atoms with Gasteiger partial charge in [0.2, 0.25) is 0 Å². The third kappa shape index (κ3) is 4.55. The van der Waals surface area contributed by atoms with Crippen molar-refractivity contribution in [2.75, 3.05) is 32.9 Å². The fourth-order valence-corrected chi connectivity index (χ4v) is 3.37. The molecule has 0 spiro atoms. The molecule has 3 heterocycles. The Labute approximate surface area is 149 Å². The number of hydroxylamine groups is 2. The van der Waals surface area contributed by atoms with Crippen LogP contribution >= 0.6 is 8.53 Å². The number of aliphatic hydroxyl groups is 2. The molecule has 2 aliphatic heterocycles. The normalized spacial score (nSPS) is 31.2. The maximum Gasteiger partial charge on any atom is 0.330 e. The number of nitrogens with zero attached hydrogens (tertiary/aromatic N) is 2. The SMILES string of the molecule is NP(OC[C@H]1O[C@@H](n2ccc(=O)[nH]c2=O)[C@H](O)[C@@H]1O)ON1CCOCC1. The fraction of sp³-hybridized carbons (Fsp3) is 0.692. The number of H-pyrrole nitrogens is 1. The Morgan fingerprint density at radius 3 is 2.73 bits per heavy atom. The number of hydrogen-bond donors (Lipinski definition) is 4. The second-order valence-corrected chi connectivity index (χ2v) is 6.76. The Bertz CT molecular complexity index is 708. The van der Waals surface area contributed by atoms with Gasteiger partial charge in [-0.25, -0.2) is 9.42 Å². The average Bonchev–Trinajstić information content (AvgIpc) is 2.89. The third-order valence-electron chi connectivity index (χ3n) is 3.99. The molecule has 0 aromatic carbocycles. The van der Waals surface area contributed by atoms with E-state index in [1.54, 1.807) is 5.06 Å². The summed E-state index contributed by atoms with van der Waals surface area (Å²) in [5.41, 5.74) is 4.46. The molecule has 146 valence electrons. The van der Waals surface area contributed by atoms with Crippen molar-refractivity contribution in [2.24, 2.45) is 5.50 Å². The number of morpholine rings is 1. The van der Waals surface area contributed by atoms with Crippen LogP contribution in [0.2, 0.25) is 0 Å². The number of aromatic amines is 1. The monoisotopic (exact) mass is 392 g/mol. The van der Waals surface area contributed by atoms with E-state index in [9.17, 15) is 19.8 Å². The summed E-state index contributed by atoms with van der Waals surface area (Å²) in [5.74, 6) is 0. The van der Waals surface area contributed by atoms with Gasteiger partial charge in [0.05, 0.1) is 19.8 Å². The molecule has 26 heavy (non-hydrogen) atoms. The molecule has 2 aliphatic rings. The second-order valence-electron chi connectivity index (χ2n) is 5.77. The van der Waals surface area contributed by atoms with Crippen molar-refractivity contribution in [3.8, 4) is 0 Å². The van der Waals surface area contributed by atoms with Gasteiger partial charge >= 0.3 is 5.69 Å². The summed E-state index contributed by atoms with van der Waals surface area (Å²) in [4.78, 5) is 25.0. The van der Waals surface area contributed by atoms with Crippen LogP contribution in [0.3, 0.4) is 0 Å². The van der Waals surface area contributed by atoms with Gasteiger partial charge in [-0.05, 0) is 0 Å². The Balaban J connectivity index is 1.55. The van der Waals surface area contributed by atoms with E-state index in [0.717, 1.165) is 10.6 Å². The Hall–Kier alpha value is -1.21. The number of ether oxygens (including phenoxy) is 2. The van der Waals surface area contributed by atoms with Crippen LogP contribution in [0, 0.1) is 0 Å². The molecule has 1 unspecified atom stereocenters. The van der Waals surface area contributed by atoms with E-state index in [4.69, 9.17) is 24.1 Å². The lowest BCUT2D eigenvalue weighted by Gasteiger charge is -2.27. The van der Waals surface area contributed by atoms with E-state index in [1.165, 1.54) is 6.20 Å². The first kappa shape index (κ1) is 19.5. The lowest BCUT2D eigenvalue weighted by atomic mass is 10.1. The minimum absolute atomic E-state index is 0.140. The molecular formula is C13H21N4O8P. The molecule has 0 aliphatic carbocycles. The van der Waals surface area contributed by atoms with Crippen molar-refractivity contribution in [3.05, 3.63) is 33.1 Å². The lowest BCUT2D eigenvalue weighted by molar-refractivity contribution is -0.121. The molecule has 2 saturated heterocycles. The molecule has 0 bridgehead atoms. The minimum Gasteiger partial charge on any atom is -0.387 e. The summed E-state index contributed by atoms with van der Waals surface area (Å²) in [6.07, 6.45) is -3.58. The molecule has 3 rings (SSSR count).